The molecule has 0 spiro atoms. The Hall–Kier alpha value is -2.64. The van der Waals surface area contributed by atoms with Gasteiger partial charge in [0.15, 0.2) is 23.0 Å². The quantitative estimate of drug-likeness (QED) is 0.392. The number of hydrogen-bond acceptors (Lipinski definition) is 7. The van der Waals surface area contributed by atoms with Crippen LogP contribution in [0.1, 0.15) is 43.2 Å². The Morgan fingerprint density at radius 2 is 1.58 bits per heavy atom. The van der Waals surface area contributed by atoms with Gasteiger partial charge in [-0.2, -0.15) is 0 Å². The van der Waals surface area contributed by atoms with E-state index in [1.54, 1.807) is 14.2 Å². The van der Waals surface area contributed by atoms with Gasteiger partial charge in [0.05, 0.1) is 26.4 Å². The van der Waals surface area contributed by atoms with Crippen molar-refractivity contribution in [3.8, 4) is 28.7 Å². The fourth-order valence-corrected chi connectivity index (χ4v) is 4.56. The van der Waals surface area contributed by atoms with Crippen LogP contribution in [-0.2, 0) is 12.8 Å². The Morgan fingerprint density at radius 3 is 2.27 bits per heavy atom. The lowest BCUT2D eigenvalue weighted by Crippen LogP contribution is -2.30. The Kier molecular flexibility index (Phi) is 7.83. The number of fused-ring (bicyclic) bond motifs is 2. The highest BCUT2D eigenvalue weighted by atomic mass is 16.7. The third-order valence-electron chi connectivity index (χ3n) is 6.53. The minimum atomic E-state index is -0.621. The standard InChI is InChI=1S/C26H35NO6/c1-29-23-15-19-7-10-26(28,11-8-20(19)16-24(23)30-2)9-3-12-27-13-4-14-31-21-5-6-22-25(17-21)33-18-32-22/h5-6,15-17,27-28H,3-4,7-14,18H2,1-2H3. The summed E-state index contributed by atoms with van der Waals surface area (Å²) in [6.45, 7) is 2.69. The van der Waals surface area contributed by atoms with Crippen molar-refractivity contribution in [2.45, 2.75) is 50.5 Å². The topological polar surface area (TPSA) is 78.4 Å². The smallest absolute Gasteiger partial charge is 0.231 e. The molecule has 33 heavy (non-hydrogen) atoms. The highest BCUT2D eigenvalue weighted by molar-refractivity contribution is 5.48. The van der Waals surface area contributed by atoms with Crippen LogP contribution in [0.15, 0.2) is 30.3 Å². The van der Waals surface area contributed by atoms with Crippen LogP contribution in [0.4, 0.5) is 0 Å². The molecule has 0 saturated heterocycles. The van der Waals surface area contributed by atoms with Crippen LogP contribution in [0.2, 0.25) is 0 Å². The van der Waals surface area contributed by atoms with Gasteiger partial charge in [-0.3, -0.25) is 0 Å². The molecule has 0 bridgehead atoms. The maximum atomic E-state index is 11.2. The lowest BCUT2D eigenvalue weighted by molar-refractivity contribution is 0.0154. The summed E-state index contributed by atoms with van der Waals surface area (Å²) in [6, 6.07) is 9.77. The van der Waals surface area contributed by atoms with E-state index in [-0.39, 0.29) is 6.79 Å². The zero-order valence-electron chi connectivity index (χ0n) is 19.7. The van der Waals surface area contributed by atoms with Gasteiger partial charge in [-0.15, -0.1) is 0 Å². The van der Waals surface area contributed by atoms with Crippen molar-refractivity contribution >= 4 is 0 Å². The molecule has 4 rings (SSSR count). The summed E-state index contributed by atoms with van der Waals surface area (Å²) in [5, 5.41) is 14.6. The van der Waals surface area contributed by atoms with Gasteiger partial charge in [0, 0.05) is 6.07 Å². The number of aryl methyl sites for hydroxylation is 2. The molecule has 0 fully saturated rings. The molecule has 180 valence electrons. The van der Waals surface area contributed by atoms with Crippen molar-refractivity contribution in [2.75, 3.05) is 40.7 Å². The molecule has 7 nitrogen and oxygen atoms in total. The minimum absolute atomic E-state index is 0.272. The Morgan fingerprint density at radius 1 is 0.909 bits per heavy atom. The summed E-state index contributed by atoms with van der Waals surface area (Å²) >= 11 is 0. The first-order chi connectivity index (χ1) is 16.1. The first-order valence-corrected chi connectivity index (χ1v) is 11.8. The molecule has 0 saturated carbocycles. The molecular weight excluding hydrogens is 422 g/mol. The van der Waals surface area contributed by atoms with E-state index in [4.69, 9.17) is 23.7 Å². The second-order valence-corrected chi connectivity index (χ2v) is 8.77. The predicted molar refractivity (Wildman–Crippen MR) is 126 cm³/mol. The fraction of sp³-hybridized carbons (Fsp3) is 0.538. The second kappa shape index (κ2) is 11.0. The average Bonchev–Trinajstić information content (AvgIpc) is 3.24. The predicted octanol–water partition coefficient (Wildman–Crippen LogP) is 3.88. The molecular formula is C26H35NO6. The first-order valence-electron chi connectivity index (χ1n) is 11.8. The summed E-state index contributed by atoms with van der Waals surface area (Å²) in [6.07, 6.45) is 5.93. The Bertz CT molecular complexity index is 896. The normalized spacial score (nSPS) is 16.1. The molecule has 2 aliphatic rings. The number of benzene rings is 2. The van der Waals surface area contributed by atoms with Crippen LogP contribution in [0.5, 0.6) is 28.7 Å². The number of ether oxygens (including phenoxy) is 5. The zero-order valence-corrected chi connectivity index (χ0v) is 19.7. The van der Waals surface area contributed by atoms with Crippen LogP contribution in [0.3, 0.4) is 0 Å². The van der Waals surface area contributed by atoms with Crippen molar-refractivity contribution in [1.82, 2.24) is 5.32 Å². The van der Waals surface area contributed by atoms with E-state index < -0.39 is 5.60 Å². The van der Waals surface area contributed by atoms with E-state index in [1.807, 2.05) is 18.2 Å². The molecule has 0 aromatic heterocycles. The molecule has 0 amide bonds. The lowest BCUT2D eigenvalue weighted by Gasteiger charge is -2.26. The van der Waals surface area contributed by atoms with Crippen LogP contribution < -0.4 is 29.0 Å². The molecule has 2 aromatic rings. The van der Waals surface area contributed by atoms with Crippen molar-refractivity contribution in [3.05, 3.63) is 41.5 Å². The van der Waals surface area contributed by atoms with Crippen LogP contribution >= 0.6 is 0 Å². The van der Waals surface area contributed by atoms with Crippen LogP contribution in [0, 0.1) is 0 Å². The van der Waals surface area contributed by atoms with Gasteiger partial charge in [0.25, 0.3) is 0 Å². The third kappa shape index (κ3) is 6.03. The van der Waals surface area contributed by atoms with Gasteiger partial charge in [0.2, 0.25) is 6.79 Å². The fourth-order valence-electron chi connectivity index (χ4n) is 4.56. The number of nitrogens with one attached hydrogen (secondary N) is 1. The molecule has 0 radical (unpaired) electrons. The van der Waals surface area contributed by atoms with E-state index in [0.29, 0.717) is 6.61 Å². The van der Waals surface area contributed by atoms with Gasteiger partial charge in [-0.1, -0.05) is 0 Å². The highest BCUT2D eigenvalue weighted by Gasteiger charge is 2.29. The maximum absolute atomic E-state index is 11.2. The number of rotatable bonds is 11. The minimum Gasteiger partial charge on any atom is -0.493 e. The van der Waals surface area contributed by atoms with Crippen molar-refractivity contribution in [2.24, 2.45) is 0 Å². The molecule has 2 aromatic carbocycles. The summed E-state index contributed by atoms with van der Waals surface area (Å²) in [7, 11) is 3.32. The molecule has 2 N–H and O–H groups in total. The van der Waals surface area contributed by atoms with Gasteiger partial charge in [-0.05, 0) is 93.4 Å². The molecule has 1 aliphatic carbocycles. The van der Waals surface area contributed by atoms with Crippen molar-refractivity contribution < 1.29 is 28.8 Å². The van der Waals surface area contributed by atoms with Crippen molar-refractivity contribution in [1.29, 1.82) is 0 Å². The van der Waals surface area contributed by atoms with Crippen molar-refractivity contribution in [3.63, 3.8) is 0 Å². The Balaban J connectivity index is 1.13. The monoisotopic (exact) mass is 457 g/mol. The number of methoxy groups -OCH3 is 2. The zero-order chi connectivity index (χ0) is 23.1. The van der Waals surface area contributed by atoms with Crippen LogP contribution in [0.25, 0.3) is 0 Å². The van der Waals surface area contributed by atoms with E-state index in [9.17, 15) is 5.11 Å². The highest BCUT2D eigenvalue weighted by Crippen LogP contribution is 2.37. The van der Waals surface area contributed by atoms with Gasteiger partial charge in [-0.25, -0.2) is 0 Å². The van der Waals surface area contributed by atoms with Gasteiger partial charge in [0.1, 0.15) is 5.75 Å². The molecule has 0 unspecified atom stereocenters. The van der Waals surface area contributed by atoms with E-state index in [0.717, 1.165) is 86.8 Å². The van der Waals surface area contributed by atoms with Gasteiger partial charge < -0.3 is 34.1 Å². The van der Waals surface area contributed by atoms with Crippen LogP contribution in [-0.4, -0.2) is 51.4 Å². The Labute approximate surface area is 195 Å². The summed E-state index contributed by atoms with van der Waals surface area (Å²) in [4.78, 5) is 0. The van der Waals surface area contributed by atoms with Gasteiger partial charge >= 0.3 is 0 Å². The van der Waals surface area contributed by atoms with E-state index >= 15 is 0 Å². The van der Waals surface area contributed by atoms with E-state index in [1.165, 1.54) is 11.1 Å². The lowest BCUT2D eigenvalue weighted by atomic mass is 9.89. The summed E-state index contributed by atoms with van der Waals surface area (Å²) in [5.74, 6) is 3.82. The molecule has 1 heterocycles. The first kappa shape index (κ1) is 23.5. The summed E-state index contributed by atoms with van der Waals surface area (Å²) < 4.78 is 27.4. The molecule has 7 heteroatoms. The van der Waals surface area contributed by atoms with E-state index in [2.05, 4.69) is 17.4 Å². The average molecular weight is 458 g/mol. The molecule has 0 atom stereocenters. The second-order valence-electron chi connectivity index (χ2n) is 8.77. The largest absolute Gasteiger partial charge is 0.493 e. The molecule has 1 aliphatic heterocycles. The summed E-state index contributed by atoms with van der Waals surface area (Å²) in [5.41, 5.74) is 1.89. The number of hydrogen-bond donors (Lipinski definition) is 2. The SMILES string of the molecule is COc1cc2c(cc1OC)CCC(O)(CCCNCCCOc1ccc3c(c1)OCO3)CC2. The number of aliphatic hydroxyl groups is 1. The maximum Gasteiger partial charge on any atom is 0.231 e. The third-order valence-corrected chi connectivity index (χ3v) is 6.53.